The van der Waals surface area contributed by atoms with Crippen LogP contribution in [0.3, 0.4) is 0 Å². The molecule has 1 unspecified atom stereocenters. The minimum atomic E-state index is -1.00. The molecule has 1 atom stereocenters. The van der Waals surface area contributed by atoms with Crippen LogP contribution in [-0.4, -0.2) is 16.6 Å². The summed E-state index contributed by atoms with van der Waals surface area (Å²) in [5.74, 6) is 0. The second kappa shape index (κ2) is 4.00. The van der Waals surface area contributed by atoms with Crippen molar-refractivity contribution in [1.29, 1.82) is 0 Å². The fourth-order valence-electron chi connectivity index (χ4n) is 1.04. The second-order valence-corrected chi connectivity index (χ2v) is 2.94. The number of hydrogen-bond acceptors (Lipinski definition) is 3. The summed E-state index contributed by atoms with van der Waals surface area (Å²) >= 11 is 0. The van der Waals surface area contributed by atoms with Crippen LogP contribution in [0.1, 0.15) is 17.2 Å². The van der Waals surface area contributed by atoms with E-state index >= 15 is 0 Å². The van der Waals surface area contributed by atoms with E-state index in [0.29, 0.717) is 5.56 Å². The molecule has 70 valence electrons. The molecule has 0 heterocycles. The molecule has 0 amide bonds. The molecule has 1 rings (SSSR count). The first-order chi connectivity index (χ1) is 6.09. The maximum atomic E-state index is 10.1. The molecule has 0 saturated carbocycles. The van der Waals surface area contributed by atoms with Gasteiger partial charge in [-0.3, -0.25) is 10.1 Å². The van der Waals surface area contributed by atoms with Gasteiger partial charge in [-0.05, 0) is 12.5 Å². The SMILES string of the molecule is Cc1ccc(C(O)[11CH2][N+](=O)[O-])cc1. The van der Waals surface area contributed by atoms with Gasteiger partial charge in [0.2, 0.25) is 6.54 Å². The van der Waals surface area contributed by atoms with Gasteiger partial charge in [0.15, 0.2) is 0 Å². The van der Waals surface area contributed by atoms with Crippen molar-refractivity contribution in [3.05, 3.63) is 45.5 Å². The molecular weight excluding hydrogens is 169 g/mol. The van der Waals surface area contributed by atoms with Gasteiger partial charge in [-0.2, -0.15) is 0 Å². The van der Waals surface area contributed by atoms with E-state index in [0.717, 1.165) is 5.56 Å². The Morgan fingerprint density at radius 1 is 1.46 bits per heavy atom. The molecule has 4 heteroatoms. The van der Waals surface area contributed by atoms with Crippen LogP contribution >= 0.6 is 0 Å². The highest BCUT2D eigenvalue weighted by atomic mass is 16.6. The van der Waals surface area contributed by atoms with Gasteiger partial charge in [0.05, 0.1) is 0 Å². The Bertz CT molecular complexity index is 294. The predicted molar refractivity (Wildman–Crippen MR) is 48.0 cm³/mol. The average Bonchev–Trinajstić information content (AvgIpc) is 2.04. The van der Waals surface area contributed by atoms with E-state index in [-0.39, 0.29) is 0 Å². The number of aliphatic hydroxyl groups is 1. The fourth-order valence-corrected chi connectivity index (χ4v) is 1.04. The van der Waals surface area contributed by atoms with E-state index in [1.165, 1.54) is 0 Å². The summed E-state index contributed by atoms with van der Waals surface area (Å²) in [5.41, 5.74) is 1.65. The molecule has 0 radical (unpaired) electrons. The molecule has 0 aliphatic carbocycles. The summed E-state index contributed by atoms with van der Waals surface area (Å²) in [7, 11) is 0. The fraction of sp³-hybridized carbons (Fsp3) is 0.333. The molecule has 1 aromatic rings. The summed E-state index contributed by atoms with van der Waals surface area (Å²) in [5, 5.41) is 19.4. The van der Waals surface area contributed by atoms with Crippen LogP contribution in [0.15, 0.2) is 24.3 Å². The molecule has 1 N–H and O–H groups in total. The minimum absolute atomic E-state index is 0.441. The Balaban J connectivity index is 2.71. The highest BCUT2D eigenvalue weighted by Crippen LogP contribution is 2.13. The topological polar surface area (TPSA) is 63.4 Å². The van der Waals surface area contributed by atoms with Gasteiger partial charge in [-0.15, -0.1) is 0 Å². The maximum Gasteiger partial charge on any atom is 0.233 e. The van der Waals surface area contributed by atoms with Crippen LogP contribution in [-0.2, 0) is 0 Å². The maximum absolute atomic E-state index is 10.1. The molecule has 0 fully saturated rings. The van der Waals surface area contributed by atoms with Crippen molar-refractivity contribution in [3.8, 4) is 0 Å². The van der Waals surface area contributed by atoms with Gasteiger partial charge in [-0.25, -0.2) is 0 Å². The Hall–Kier alpha value is -1.42. The predicted octanol–water partition coefficient (Wildman–Crippen LogP) is 1.31. The van der Waals surface area contributed by atoms with Crippen LogP contribution in [0.4, 0.5) is 0 Å². The van der Waals surface area contributed by atoms with Crippen LogP contribution in [0.2, 0.25) is 0 Å². The lowest BCUT2D eigenvalue weighted by molar-refractivity contribution is -0.491. The number of nitro groups is 1. The Morgan fingerprint density at radius 3 is 2.46 bits per heavy atom. The lowest BCUT2D eigenvalue weighted by Crippen LogP contribution is -2.11. The van der Waals surface area contributed by atoms with Gasteiger partial charge in [-0.1, -0.05) is 29.8 Å². The lowest BCUT2D eigenvalue weighted by Gasteiger charge is -2.05. The number of hydrogen-bond donors (Lipinski definition) is 1. The highest BCUT2D eigenvalue weighted by molar-refractivity contribution is 5.22. The third kappa shape index (κ3) is 2.83. The van der Waals surface area contributed by atoms with Crippen LogP contribution in [0, 0.1) is 17.0 Å². The summed E-state index contributed by atoms with van der Waals surface area (Å²) in [6.45, 7) is 1.48. The summed E-state index contributed by atoms with van der Waals surface area (Å²) in [4.78, 5) is 9.57. The monoisotopic (exact) mass is 180 g/mol. The standard InChI is InChI=1S/C9H11NO3/c1-7-2-4-8(5-3-7)9(11)6-10(12)13/h2-5,9,11H,6H2,1H3/i6-1. The van der Waals surface area contributed by atoms with Crippen molar-refractivity contribution in [2.75, 3.05) is 6.54 Å². The first kappa shape index (κ1) is 9.67. The van der Waals surface area contributed by atoms with Crippen molar-refractivity contribution in [2.45, 2.75) is 13.0 Å². The highest BCUT2D eigenvalue weighted by Gasteiger charge is 2.12. The molecule has 0 saturated heterocycles. The quantitative estimate of drug-likeness (QED) is 0.563. The third-order valence-corrected chi connectivity index (χ3v) is 1.78. The molecule has 0 spiro atoms. The number of aliphatic hydroxyl groups excluding tert-OH is 1. The third-order valence-electron chi connectivity index (χ3n) is 1.78. The van der Waals surface area contributed by atoms with Crippen molar-refractivity contribution >= 4 is 0 Å². The summed E-state index contributed by atoms with van der Waals surface area (Å²) < 4.78 is 0. The van der Waals surface area contributed by atoms with E-state index in [4.69, 9.17) is 0 Å². The van der Waals surface area contributed by atoms with Gasteiger partial charge < -0.3 is 5.11 Å². The largest absolute Gasteiger partial charge is 0.382 e. The molecule has 0 aromatic heterocycles. The first-order valence-electron chi connectivity index (χ1n) is 3.96. The van der Waals surface area contributed by atoms with Crippen molar-refractivity contribution in [2.24, 2.45) is 0 Å². The molecule has 0 aliphatic heterocycles. The van der Waals surface area contributed by atoms with E-state index in [1.54, 1.807) is 12.1 Å². The zero-order chi connectivity index (χ0) is 9.84. The molecule has 0 bridgehead atoms. The van der Waals surface area contributed by atoms with E-state index in [2.05, 4.69) is 0 Å². The Morgan fingerprint density at radius 2 is 2.00 bits per heavy atom. The van der Waals surface area contributed by atoms with Gasteiger partial charge >= 0.3 is 0 Å². The molecule has 13 heavy (non-hydrogen) atoms. The first-order valence-corrected chi connectivity index (χ1v) is 3.96. The zero-order valence-electron chi connectivity index (χ0n) is 7.30. The average molecular weight is 180 g/mol. The molecule has 0 aliphatic rings. The van der Waals surface area contributed by atoms with Gasteiger partial charge in [0, 0.05) is 4.92 Å². The van der Waals surface area contributed by atoms with E-state index in [9.17, 15) is 15.2 Å². The zero-order valence-corrected chi connectivity index (χ0v) is 7.30. The van der Waals surface area contributed by atoms with Crippen molar-refractivity contribution in [1.82, 2.24) is 0 Å². The van der Waals surface area contributed by atoms with Crippen molar-refractivity contribution < 1.29 is 10.0 Å². The summed E-state index contributed by atoms with van der Waals surface area (Å²) in [6.07, 6.45) is -1.00. The van der Waals surface area contributed by atoms with Crippen LogP contribution in [0.5, 0.6) is 0 Å². The number of benzene rings is 1. The second-order valence-electron chi connectivity index (χ2n) is 2.94. The number of rotatable bonds is 3. The van der Waals surface area contributed by atoms with Gasteiger partial charge in [0.1, 0.15) is 6.10 Å². The Labute approximate surface area is 76.0 Å². The van der Waals surface area contributed by atoms with Crippen molar-refractivity contribution in [3.63, 3.8) is 0 Å². The summed E-state index contributed by atoms with van der Waals surface area (Å²) in [6, 6.07) is 7.03. The lowest BCUT2D eigenvalue weighted by atomic mass is 9.90. The Kier molecular flexibility index (Phi) is 2.97. The van der Waals surface area contributed by atoms with Crippen LogP contribution < -0.4 is 0 Å². The number of nitrogens with zero attached hydrogens (tertiary/aromatic N) is 1. The van der Waals surface area contributed by atoms with Gasteiger partial charge in [0.25, 0.3) is 0 Å². The molecular formula is C9H11NO3. The molecule has 4 nitrogen and oxygen atoms in total. The normalized spacial score (nSPS) is 12.5. The van der Waals surface area contributed by atoms with Crippen LogP contribution in [0.25, 0.3) is 0 Å². The van der Waals surface area contributed by atoms with E-state index < -0.39 is 17.6 Å². The minimum Gasteiger partial charge on any atom is -0.382 e. The number of aryl methyl sites for hydroxylation is 1. The molecule has 1 aromatic carbocycles. The smallest absolute Gasteiger partial charge is 0.233 e. The van der Waals surface area contributed by atoms with E-state index in [1.807, 2.05) is 19.1 Å².